The van der Waals surface area contributed by atoms with E-state index in [0.717, 1.165) is 63.3 Å². The standard InChI is InChI=1S/C41H39N7O5/c1-51-31-15-9-27(10-16-31)24-47-35-8-4-3-7-34(35)44-39(47)29-13-19-33(20-14-29)53-36-21-22-42-40-37(36)38(43-30-6-5-23-46(26-30)41(49)50)45-48(40)25-28-11-17-32(52-2)18-12-28/h3-4,7-22,30H,5-6,23-26H2,1-2H3,(H,43,45)(H,49,50)/t30-/m1/s1. The molecule has 1 saturated heterocycles. The maximum absolute atomic E-state index is 11.8. The Bertz CT molecular complexity index is 2370. The van der Waals surface area contributed by atoms with Crippen molar-refractivity contribution in [2.75, 3.05) is 32.6 Å². The number of pyridine rings is 1. The van der Waals surface area contributed by atoms with E-state index in [1.807, 2.05) is 89.6 Å². The Morgan fingerprint density at radius 2 is 1.53 bits per heavy atom. The number of piperidine rings is 1. The van der Waals surface area contributed by atoms with Crippen molar-refractivity contribution < 1.29 is 24.1 Å². The topological polar surface area (TPSA) is 129 Å². The van der Waals surface area contributed by atoms with Gasteiger partial charge in [-0.1, -0.05) is 36.4 Å². The molecule has 0 saturated carbocycles. The molecule has 1 aliphatic heterocycles. The highest BCUT2D eigenvalue weighted by molar-refractivity contribution is 5.93. The Balaban J connectivity index is 1.11. The van der Waals surface area contributed by atoms with Crippen molar-refractivity contribution in [2.24, 2.45) is 0 Å². The minimum atomic E-state index is -0.920. The van der Waals surface area contributed by atoms with Gasteiger partial charge < -0.3 is 34.1 Å². The molecule has 0 bridgehead atoms. The van der Waals surface area contributed by atoms with Crippen molar-refractivity contribution in [3.63, 3.8) is 0 Å². The van der Waals surface area contributed by atoms with E-state index in [-0.39, 0.29) is 6.04 Å². The maximum Gasteiger partial charge on any atom is 0.407 e. The number of methoxy groups -OCH3 is 2. The summed E-state index contributed by atoms with van der Waals surface area (Å²) in [4.78, 5) is 23.0. The van der Waals surface area contributed by atoms with Gasteiger partial charge in [-0.25, -0.2) is 19.4 Å². The van der Waals surface area contributed by atoms with Gasteiger partial charge in [0, 0.05) is 43.5 Å². The molecule has 3 aromatic heterocycles. The number of benzene rings is 4. The van der Waals surface area contributed by atoms with Gasteiger partial charge in [-0.05, 0) is 84.6 Å². The van der Waals surface area contributed by atoms with Crippen LogP contribution in [0.3, 0.4) is 0 Å². The average Bonchev–Trinajstić information content (AvgIpc) is 3.73. The van der Waals surface area contributed by atoms with Crippen LogP contribution in [-0.4, -0.2) is 73.8 Å². The van der Waals surface area contributed by atoms with Gasteiger partial charge in [-0.2, -0.15) is 5.10 Å². The third-order valence-corrected chi connectivity index (χ3v) is 9.61. The molecule has 4 aromatic carbocycles. The number of nitrogens with zero attached hydrogens (tertiary/aromatic N) is 6. The number of carboxylic acid groups (broad SMARTS) is 1. The van der Waals surface area contributed by atoms with Crippen molar-refractivity contribution in [2.45, 2.75) is 32.0 Å². The van der Waals surface area contributed by atoms with E-state index >= 15 is 0 Å². The van der Waals surface area contributed by atoms with Crippen molar-refractivity contribution in [3.8, 4) is 34.4 Å². The van der Waals surface area contributed by atoms with E-state index in [0.29, 0.717) is 49.1 Å². The first kappa shape index (κ1) is 33.6. The molecule has 7 aromatic rings. The van der Waals surface area contributed by atoms with Gasteiger partial charge in [-0.3, -0.25) is 0 Å². The SMILES string of the molecule is COc1ccc(Cn2nc(N[C@@H]3CCCN(C(=O)O)C3)c3c(Oc4ccc(-c5nc6ccccc6n5Cc5ccc(OC)cc5)cc4)ccnc32)cc1. The molecule has 0 radical (unpaired) electrons. The van der Waals surface area contributed by atoms with E-state index in [4.69, 9.17) is 29.3 Å². The maximum atomic E-state index is 11.8. The number of carbonyl (C=O) groups is 1. The Hall–Kier alpha value is -6.56. The van der Waals surface area contributed by atoms with E-state index in [1.54, 1.807) is 20.4 Å². The van der Waals surface area contributed by atoms with Crippen LogP contribution in [0.4, 0.5) is 10.6 Å². The van der Waals surface area contributed by atoms with Gasteiger partial charge >= 0.3 is 6.09 Å². The number of ether oxygens (including phenoxy) is 3. The van der Waals surface area contributed by atoms with Gasteiger partial charge in [0.15, 0.2) is 11.5 Å². The van der Waals surface area contributed by atoms with E-state index in [1.165, 1.54) is 4.90 Å². The summed E-state index contributed by atoms with van der Waals surface area (Å²) in [5.41, 5.74) is 5.74. The second-order valence-corrected chi connectivity index (χ2v) is 13.1. The van der Waals surface area contributed by atoms with Crippen LogP contribution < -0.4 is 19.5 Å². The number of imidazole rings is 1. The number of likely N-dealkylation sites (tertiary alicyclic amines) is 1. The smallest absolute Gasteiger partial charge is 0.407 e. The lowest BCUT2D eigenvalue weighted by atomic mass is 10.1. The molecule has 268 valence electrons. The molecular weight excluding hydrogens is 670 g/mol. The average molecular weight is 710 g/mol. The van der Waals surface area contributed by atoms with Crippen LogP contribution >= 0.6 is 0 Å². The molecule has 1 atom stereocenters. The summed E-state index contributed by atoms with van der Waals surface area (Å²) in [5.74, 6) is 4.27. The van der Waals surface area contributed by atoms with Gasteiger partial charge in [0.2, 0.25) is 0 Å². The first-order chi connectivity index (χ1) is 25.9. The van der Waals surface area contributed by atoms with Crippen molar-refractivity contribution >= 4 is 34.0 Å². The molecule has 0 unspecified atom stereocenters. The van der Waals surface area contributed by atoms with Gasteiger partial charge in [0.05, 0.1) is 31.8 Å². The van der Waals surface area contributed by atoms with E-state index in [9.17, 15) is 9.90 Å². The lowest BCUT2D eigenvalue weighted by Gasteiger charge is -2.31. The molecular formula is C41H39N7O5. The molecule has 8 rings (SSSR count). The molecule has 12 heteroatoms. The molecule has 0 aliphatic carbocycles. The predicted octanol–water partition coefficient (Wildman–Crippen LogP) is 7.91. The number of para-hydroxylation sites is 2. The highest BCUT2D eigenvalue weighted by Gasteiger charge is 2.26. The summed E-state index contributed by atoms with van der Waals surface area (Å²) < 4.78 is 21.4. The van der Waals surface area contributed by atoms with E-state index in [2.05, 4.69) is 28.1 Å². The summed E-state index contributed by atoms with van der Waals surface area (Å²) in [6, 6.07) is 33.7. The molecule has 1 aliphatic rings. The lowest BCUT2D eigenvalue weighted by Crippen LogP contribution is -2.44. The van der Waals surface area contributed by atoms with Gasteiger partial charge in [0.25, 0.3) is 0 Å². The summed E-state index contributed by atoms with van der Waals surface area (Å²) in [6.45, 7) is 2.00. The van der Waals surface area contributed by atoms with Crippen LogP contribution in [0.2, 0.25) is 0 Å². The molecule has 2 N–H and O–H groups in total. The first-order valence-electron chi connectivity index (χ1n) is 17.5. The minimum absolute atomic E-state index is 0.114. The molecule has 1 amide bonds. The number of nitrogens with one attached hydrogen (secondary N) is 1. The Morgan fingerprint density at radius 1 is 0.849 bits per heavy atom. The highest BCUT2D eigenvalue weighted by atomic mass is 16.5. The summed E-state index contributed by atoms with van der Waals surface area (Å²) in [6.07, 6.45) is 2.38. The molecule has 53 heavy (non-hydrogen) atoms. The van der Waals surface area contributed by atoms with Crippen LogP contribution in [0.25, 0.3) is 33.5 Å². The Labute approximate surface area is 306 Å². The zero-order valence-corrected chi connectivity index (χ0v) is 29.5. The second-order valence-electron chi connectivity index (χ2n) is 13.1. The van der Waals surface area contributed by atoms with Crippen LogP contribution in [0.5, 0.6) is 23.0 Å². The fourth-order valence-electron chi connectivity index (χ4n) is 6.90. The monoisotopic (exact) mass is 709 g/mol. The number of amides is 1. The summed E-state index contributed by atoms with van der Waals surface area (Å²) >= 11 is 0. The zero-order valence-electron chi connectivity index (χ0n) is 29.5. The highest BCUT2D eigenvalue weighted by Crippen LogP contribution is 2.36. The number of hydrogen-bond donors (Lipinski definition) is 2. The minimum Gasteiger partial charge on any atom is -0.497 e. The second kappa shape index (κ2) is 14.6. The zero-order chi connectivity index (χ0) is 36.3. The van der Waals surface area contributed by atoms with Gasteiger partial charge in [-0.15, -0.1) is 0 Å². The fraction of sp³-hybridized carbons (Fsp3) is 0.220. The molecule has 4 heterocycles. The summed E-state index contributed by atoms with van der Waals surface area (Å²) in [7, 11) is 3.31. The first-order valence-corrected chi connectivity index (χ1v) is 17.5. The number of fused-ring (bicyclic) bond motifs is 2. The molecule has 12 nitrogen and oxygen atoms in total. The van der Waals surface area contributed by atoms with Crippen LogP contribution in [0.1, 0.15) is 24.0 Å². The van der Waals surface area contributed by atoms with Crippen LogP contribution in [0, 0.1) is 0 Å². The Kier molecular flexibility index (Phi) is 9.24. The van der Waals surface area contributed by atoms with Crippen LogP contribution in [0.15, 0.2) is 109 Å². The third-order valence-electron chi connectivity index (χ3n) is 9.61. The molecule has 0 spiro atoms. The van der Waals surface area contributed by atoms with Crippen molar-refractivity contribution in [1.29, 1.82) is 0 Å². The largest absolute Gasteiger partial charge is 0.497 e. The van der Waals surface area contributed by atoms with Gasteiger partial charge in [0.1, 0.15) is 34.2 Å². The number of anilines is 1. The number of hydrogen-bond acceptors (Lipinski definition) is 8. The summed E-state index contributed by atoms with van der Waals surface area (Å²) in [5, 5.41) is 18.9. The normalized spacial score (nSPS) is 14.4. The quantitative estimate of drug-likeness (QED) is 0.138. The number of rotatable bonds is 11. The number of aromatic nitrogens is 5. The fourth-order valence-corrected chi connectivity index (χ4v) is 6.90. The van der Waals surface area contributed by atoms with Crippen molar-refractivity contribution in [1.82, 2.24) is 29.2 Å². The predicted molar refractivity (Wildman–Crippen MR) is 203 cm³/mol. The lowest BCUT2D eigenvalue weighted by molar-refractivity contribution is 0.133. The van der Waals surface area contributed by atoms with Crippen molar-refractivity contribution in [3.05, 3.63) is 120 Å². The third kappa shape index (κ3) is 7.03. The Morgan fingerprint density at radius 3 is 2.23 bits per heavy atom. The molecule has 1 fully saturated rings. The van der Waals surface area contributed by atoms with E-state index < -0.39 is 6.09 Å². The van der Waals surface area contributed by atoms with Crippen LogP contribution in [-0.2, 0) is 13.1 Å².